The second-order valence-corrected chi connectivity index (χ2v) is 7.33. The summed E-state index contributed by atoms with van der Waals surface area (Å²) in [6, 6.07) is 14.8. The summed E-state index contributed by atoms with van der Waals surface area (Å²) in [7, 11) is 0. The molecular weight excluding hydrogens is 391 g/mol. The van der Waals surface area contributed by atoms with Crippen molar-refractivity contribution >= 4 is 34.4 Å². The Hall–Kier alpha value is -3.39. The van der Waals surface area contributed by atoms with Crippen LogP contribution in [0.2, 0.25) is 0 Å². The second kappa shape index (κ2) is 9.70. The third kappa shape index (κ3) is 6.32. The van der Waals surface area contributed by atoms with Gasteiger partial charge in [-0.3, -0.25) is 14.9 Å². The molecule has 0 aliphatic heterocycles. The van der Waals surface area contributed by atoms with Gasteiger partial charge in [-0.25, -0.2) is 4.39 Å². The molecule has 2 N–H and O–H groups in total. The minimum Gasteiger partial charge on any atom is -0.341 e. The number of hydrogen-bond acceptors (Lipinski definition) is 5. The Morgan fingerprint density at radius 1 is 1.10 bits per heavy atom. The van der Waals surface area contributed by atoms with Gasteiger partial charge in [0.05, 0.1) is 0 Å². The topological polar surface area (TPSA) is 84.0 Å². The van der Waals surface area contributed by atoms with Crippen LogP contribution in [0.25, 0.3) is 6.08 Å². The molecular formula is C21H19FN4O2S. The Bertz CT molecular complexity index is 1000. The summed E-state index contributed by atoms with van der Waals surface area (Å²) in [6.45, 7) is 1.59. The lowest BCUT2D eigenvalue weighted by molar-refractivity contribution is -0.123. The van der Waals surface area contributed by atoms with Crippen LogP contribution in [0.4, 0.5) is 9.52 Å². The molecule has 0 saturated heterocycles. The van der Waals surface area contributed by atoms with Crippen molar-refractivity contribution in [2.24, 2.45) is 0 Å². The molecule has 0 saturated carbocycles. The lowest BCUT2D eigenvalue weighted by Crippen LogP contribution is -2.40. The highest BCUT2D eigenvalue weighted by Crippen LogP contribution is 2.19. The first kappa shape index (κ1) is 20.3. The van der Waals surface area contributed by atoms with E-state index in [4.69, 9.17) is 0 Å². The van der Waals surface area contributed by atoms with Gasteiger partial charge in [-0.2, -0.15) is 0 Å². The Labute approximate surface area is 171 Å². The molecule has 8 heteroatoms. The van der Waals surface area contributed by atoms with E-state index in [1.54, 1.807) is 25.1 Å². The Morgan fingerprint density at radius 3 is 2.55 bits per heavy atom. The van der Waals surface area contributed by atoms with Gasteiger partial charge in [-0.15, -0.1) is 10.2 Å². The molecule has 3 aromatic rings. The van der Waals surface area contributed by atoms with Gasteiger partial charge < -0.3 is 5.32 Å². The van der Waals surface area contributed by atoms with Gasteiger partial charge in [0.15, 0.2) is 0 Å². The van der Waals surface area contributed by atoms with E-state index in [-0.39, 0.29) is 11.7 Å². The molecule has 0 aliphatic rings. The summed E-state index contributed by atoms with van der Waals surface area (Å²) in [5.41, 5.74) is 1.79. The molecule has 0 spiro atoms. The second-order valence-electron chi connectivity index (χ2n) is 6.27. The zero-order chi connectivity index (χ0) is 20.6. The van der Waals surface area contributed by atoms with Gasteiger partial charge in [-0.05, 0) is 36.3 Å². The number of amides is 2. The van der Waals surface area contributed by atoms with Gasteiger partial charge in [-0.1, -0.05) is 53.8 Å². The molecule has 2 aromatic carbocycles. The highest BCUT2D eigenvalue weighted by atomic mass is 32.1. The number of nitrogens with one attached hydrogen (secondary N) is 2. The van der Waals surface area contributed by atoms with E-state index in [2.05, 4.69) is 20.8 Å². The Morgan fingerprint density at radius 2 is 1.83 bits per heavy atom. The van der Waals surface area contributed by atoms with Crippen molar-refractivity contribution in [3.05, 3.63) is 82.6 Å². The minimum atomic E-state index is -0.743. The summed E-state index contributed by atoms with van der Waals surface area (Å²) in [4.78, 5) is 24.3. The van der Waals surface area contributed by atoms with E-state index in [1.807, 2.05) is 30.3 Å². The smallest absolute Gasteiger partial charge is 0.248 e. The van der Waals surface area contributed by atoms with Crippen LogP contribution in [0.1, 0.15) is 23.1 Å². The fourth-order valence-electron chi connectivity index (χ4n) is 2.43. The van der Waals surface area contributed by atoms with Crippen LogP contribution in [0, 0.1) is 5.82 Å². The molecule has 0 aliphatic carbocycles. The fourth-order valence-corrected chi connectivity index (χ4v) is 3.21. The SMILES string of the molecule is CC(NC(=O)/C=C/c1ccccc1)C(=O)Nc1nnc(Cc2ccc(F)cc2)s1. The lowest BCUT2D eigenvalue weighted by Gasteiger charge is -2.11. The number of nitrogens with zero attached hydrogens (tertiary/aromatic N) is 2. The summed E-state index contributed by atoms with van der Waals surface area (Å²) in [6.07, 6.45) is 3.54. The average Bonchev–Trinajstić information content (AvgIpc) is 3.15. The number of carbonyl (C=O) groups excluding carboxylic acids is 2. The van der Waals surface area contributed by atoms with Crippen LogP contribution < -0.4 is 10.6 Å². The lowest BCUT2D eigenvalue weighted by atomic mass is 10.2. The van der Waals surface area contributed by atoms with Crippen molar-refractivity contribution in [2.75, 3.05) is 5.32 Å². The predicted molar refractivity (Wildman–Crippen MR) is 111 cm³/mol. The first-order valence-corrected chi connectivity index (χ1v) is 9.72. The van der Waals surface area contributed by atoms with Crippen LogP contribution in [-0.4, -0.2) is 28.1 Å². The van der Waals surface area contributed by atoms with Crippen LogP contribution in [0.3, 0.4) is 0 Å². The molecule has 1 aromatic heterocycles. The van der Waals surface area contributed by atoms with E-state index in [0.29, 0.717) is 16.6 Å². The first-order valence-electron chi connectivity index (χ1n) is 8.91. The first-order chi connectivity index (χ1) is 14.0. The highest BCUT2D eigenvalue weighted by Gasteiger charge is 2.16. The minimum absolute atomic E-state index is 0.298. The molecule has 3 rings (SSSR count). The summed E-state index contributed by atoms with van der Waals surface area (Å²) in [5, 5.41) is 14.3. The molecule has 148 valence electrons. The summed E-state index contributed by atoms with van der Waals surface area (Å²) < 4.78 is 13.0. The van der Waals surface area contributed by atoms with E-state index < -0.39 is 11.9 Å². The van der Waals surface area contributed by atoms with E-state index in [0.717, 1.165) is 11.1 Å². The van der Waals surface area contributed by atoms with Crippen LogP contribution in [0.15, 0.2) is 60.7 Å². The Balaban J connectivity index is 1.50. The largest absolute Gasteiger partial charge is 0.341 e. The van der Waals surface area contributed by atoms with Gasteiger partial charge in [0, 0.05) is 12.5 Å². The summed E-state index contributed by atoms with van der Waals surface area (Å²) in [5.74, 6) is -1.06. The fraction of sp³-hybridized carbons (Fsp3) is 0.143. The van der Waals surface area contributed by atoms with Crippen LogP contribution in [-0.2, 0) is 16.0 Å². The third-order valence-corrected chi connectivity index (χ3v) is 4.78. The molecule has 0 fully saturated rings. The maximum Gasteiger partial charge on any atom is 0.248 e. The van der Waals surface area contributed by atoms with Gasteiger partial charge in [0.2, 0.25) is 16.9 Å². The van der Waals surface area contributed by atoms with E-state index in [1.165, 1.54) is 29.5 Å². The monoisotopic (exact) mass is 410 g/mol. The van der Waals surface area contributed by atoms with Crippen molar-refractivity contribution < 1.29 is 14.0 Å². The number of anilines is 1. The van der Waals surface area contributed by atoms with Crippen LogP contribution in [0.5, 0.6) is 0 Å². The number of carbonyl (C=O) groups is 2. The normalized spacial score (nSPS) is 11.9. The standard InChI is InChI=1S/C21H19FN4O2S/c1-14(23-18(27)12-9-15-5-3-2-4-6-15)20(28)24-21-26-25-19(29-21)13-16-7-10-17(22)11-8-16/h2-12,14H,13H2,1H3,(H,23,27)(H,24,26,28)/b12-9+. The van der Waals surface area contributed by atoms with Gasteiger partial charge >= 0.3 is 0 Å². The zero-order valence-electron chi connectivity index (χ0n) is 15.6. The highest BCUT2D eigenvalue weighted by molar-refractivity contribution is 7.15. The van der Waals surface area contributed by atoms with Crippen molar-refractivity contribution in [3.8, 4) is 0 Å². The van der Waals surface area contributed by atoms with Gasteiger partial charge in [0.1, 0.15) is 16.9 Å². The molecule has 1 unspecified atom stereocenters. The van der Waals surface area contributed by atoms with Crippen molar-refractivity contribution in [1.29, 1.82) is 0 Å². The molecule has 0 radical (unpaired) electrons. The van der Waals surface area contributed by atoms with Crippen molar-refractivity contribution in [2.45, 2.75) is 19.4 Å². The average molecular weight is 410 g/mol. The molecule has 6 nitrogen and oxygen atoms in total. The van der Waals surface area contributed by atoms with E-state index in [9.17, 15) is 14.0 Å². The number of hydrogen-bond donors (Lipinski definition) is 2. The van der Waals surface area contributed by atoms with Crippen molar-refractivity contribution in [1.82, 2.24) is 15.5 Å². The predicted octanol–water partition coefficient (Wildman–Crippen LogP) is 3.42. The molecule has 29 heavy (non-hydrogen) atoms. The number of halogens is 1. The molecule has 2 amide bonds. The quantitative estimate of drug-likeness (QED) is 0.585. The van der Waals surface area contributed by atoms with Crippen molar-refractivity contribution in [3.63, 3.8) is 0 Å². The zero-order valence-corrected chi connectivity index (χ0v) is 16.4. The number of benzene rings is 2. The Kier molecular flexibility index (Phi) is 6.80. The van der Waals surface area contributed by atoms with E-state index >= 15 is 0 Å². The number of aromatic nitrogens is 2. The molecule has 1 atom stereocenters. The maximum absolute atomic E-state index is 13.0. The maximum atomic E-state index is 13.0. The van der Waals surface area contributed by atoms with Crippen LogP contribution >= 0.6 is 11.3 Å². The van der Waals surface area contributed by atoms with Gasteiger partial charge in [0.25, 0.3) is 0 Å². The molecule has 0 bridgehead atoms. The number of rotatable bonds is 7. The third-order valence-electron chi connectivity index (χ3n) is 3.94. The summed E-state index contributed by atoms with van der Waals surface area (Å²) >= 11 is 1.23. The molecule has 1 heterocycles.